The summed E-state index contributed by atoms with van der Waals surface area (Å²) in [6, 6.07) is 3.47. The lowest BCUT2D eigenvalue weighted by atomic mass is 10.2. The van der Waals surface area contributed by atoms with Gasteiger partial charge in [-0.05, 0) is 19.1 Å². The van der Waals surface area contributed by atoms with Crippen molar-refractivity contribution in [3.05, 3.63) is 59.4 Å². The van der Waals surface area contributed by atoms with Crippen molar-refractivity contribution in [1.29, 1.82) is 0 Å². The molecule has 0 amide bonds. The van der Waals surface area contributed by atoms with Gasteiger partial charge in [-0.2, -0.15) is 10.2 Å². The van der Waals surface area contributed by atoms with Crippen LogP contribution in [0, 0.1) is 11.8 Å². The number of anilines is 2. The second-order valence-electron chi connectivity index (χ2n) is 7.68. The van der Waals surface area contributed by atoms with E-state index in [9.17, 15) is 0 Å². The zero-order chi connectivity index (χ0) is 24.1. The number of nitrogens with zero attached hydrogens (tertiary/aromatic N) is 7. The molecule has 0 aliphatic heterocycles. The van der Waals surface area contributed by atoms with Crippen molar-refractivity contribution >= 4 is 23.1 Å². The molecule has 4 aromatic rings. The molecule has 0 aliphatic carbocycles. The fourth-order valence-electron chi connectivity index (χ4n) is 3.20. The minimum Gasteiger partial charge on any atom is -0.477 e. The predicted octanol–water partition coefficient (Wildman–Crippen LogP) is 2.91. The van der Waals surface area contributed by atoms with E-state index in [1.54, 1.807) is 53.3 Å². The Kier molecular flexibility index (Phi) is 6.94. The number of ether oxygens (including phenoxy) is 1. The molecule has 0 unspecified atom stereocenters. The summed E-state index contributed by atoms with van der Waals surface area (Å²) in [7, 11) is 3.65. The van der Waals surface area contributed by atoms with Crippen LogP contribution in [0.1, 0.15) is 24.5 Å². The summed E-state index contributed by atoms with van der Waals surface area (Å²) < 4.78 is 9.39. The molecule has 0 radical (unpaired) electrons. The van der Waals surface area contributed by atoms with Crippen LogP contribution < -0.4 is 15.8 Å². The average Bonchev–Trinajstić information content (AvgIpc) is 3.38. The fraction of sp³-hybridized carbons (Fsp3) is 0.261. The maximum Gasteiger partial charge on any atom is 0.222 e. The van der Waals surface area contributed by atoms with E-state index >= 15 is 0 Å². The summed E-state index contributed by atoms with van der Waals surface area (Å²) in [5, 5.41) is 12.2. The van der Waals surface area contributed by atoms with Crippen molar-refractivity contribution in [2.45, 2.75) is 19.4 Å². The normalized spacial score (nSPS) is 11.5. The number of aryl methyl sites for hydroxylation is 2. The first-order chi connectivity index (χ1) is 16.4. The van der Waals surface area contributed by atoms with E-state index in [-0.39, 0.29) is 6.04 Å². The molecule has 4 heterocycles. The van der Waals surface area contributed by atoms with Gasteiger partial charge in [-0.3, -0.25) is 4.68 Å². The molecule has 0 fully saturated rings. The minimum atomic E-state index is 0.0673. The largest absolute Gasteiger partial charge is 0.477 e. The van der Waals surface area contributed by atoms with Gasteiger partial charge in [0.2, 0.25) is 5.88 Å². The lowest BCUT2D eigenvalue weighted by Crippen LogP contribution is -2.19. The van der Waals surface area contributed by atoms with E-state index in [0.717, 1.165) is 16.8 Å². The van der Waals surface area contributed by atoms with Gasteiger partial charge >= 0.3 is 0 Å². The second-order valence-corrected chi connectivity index (χ2v) is 8.07. The monoisotopic (exact) mass is 477 g/mol. The van der Waals surface area contributed by atoms with E-state index < -0.39 is 0 Å². The Morgan fingerprint density at radius 1 is 1.18 bits per heavy atom. The van der Waals surface area contributed by atoms with Gasteiger partial charge < -0.3 is 15.8 Å². The first-order valence-corrected chi connectivity index (χ1v) is 10.9. The Labute approximate surface area is 202 Å². The summed E-state index contributed by atoms with van der Waals surface area (Å²) in [6.07, 6.45) is 9.20. The summed E-state index contributed by atoms with van der Waals surface area (Å²) in [5.74, 6) is 7.67. The number of rotatable bonds is 7. The number of nitrogens with two attached hydrogens (primary N) is 1. The van der Waals surface area contributed by atoms with Crippen molar-refractivity contribution in [2.24, 2.45) is 14.1 Å². The van der Waals surface area contributed by atoms with Crippen LogP contribution in [-0.2, 0) is 14.1 Å². The fourth-order valence-corrected chi connectivity index (χ4v) is 3.36. The second kappa shape index (κ2) is 10.2. The molecule has 0 bridgehead atoms. The highest BCUT2D eigenvalue weighted by Gasteiger charge is 2.16. The van der Waals surface area contributed by atoms with Gasteiger partial charge in [-0.25, -0.2) is 19.6 Å². The maximum absolute atomic E-state index is 6.13. The lowest BCUT2D eigenvalue weighted by molar-refractivity contribution is 0.280. The number of nitrogen functional groups attached to an aromatic ring is 1. The standard InChI is InChI=1S/C23H24ClN9O/c1-15(7-9-34-23-18(13-29-33(23)3)22-26-8-6-21(25)31-22)30-19-10-20(24)27-12-17(19)5-4-16-11-28-32(2)14-16/h6,8,10-15H,7,9H2,1-3H3,(H,27,30)(H2,25,26,31)/t15-/m0/s1. The van der Waals surface area contributed by atoms with Crippen molar-refractivity contribution < 1.29 is 4.74 Å². The molecular weight excluding hydrogens is 454 g/mol. The first kappa shape index (κ1) is 23.1. The SMILES string of the molecule is C[C@@H](CCOc1c(-c2nccc(N)n2)cnn1C)Nc1cc(Cl)ncc1C#Cc1cnn(C)c1. The zero-order valence-electron chi connectivity index (χ0n) is 19.0. The van der Waals surface area contributed by atoms with Gasteiger partial charge in [0.15, 0.2) is 5.82 Å². The molecule has 4 aromatic heterocycles. The molecule has 0 saturated heterocycles. The van der Waals surface area contributed by atoms with Crippen molar-refractivity contribution in [3.63, 3.8) is 0 Å². The Balaban J connectivity index is 1.41. The molecule has 3 N–H and O–H groups in total. The third-order valence-corrected chi connectivity index (χ3v) is 5.12. The number of aromatic nitrogens is 7. The minimum absolute atomic E-state index is 0.0673. The highest BCUT2D eigenvalue weighted by Crippen LogP contribution is 2.27. The molecule has 0 saturated carbocycles. The third-order valence-electron chi connectivity index (χ3n) is 4.91. The van der Waals surface area contributed by atoms with Crippen LogP contribution in [0.5, 0.6) is 5.88 Å². The van der Waals surface area contributed by atoms with Crippen molar-refractivity contribution in [3.8, 4) is 29.1 Å². The Bertz CT molecular complexity index is 1350. The number of hydrogen-bond acceptors (Lipinski definition) is 8. The molecule has 174 valence electrons. The molecule has 0 aliphatic rings. The van der Waals surface area contributed by atoms with E-state index in [0.29, 0.717) is 41.3 Å². The Hall–Kier alpha value is -4.10. The molecule has 10 nitrogen and oxygen atoms in total. The smallest absolute Gasteiger partial charge is 0.222 e. The quantitative estimate of drug-likeness (QED) is 0.308. The summed E-state index contributed by atoms with van der Waals surface area (Å²) in [4.78, 5) is 12.7. The van der Waals surface area contributed by atoms with E-state index in [1.165, 1.54) is 0 Å². The molecular formula is C23H24ClN9O. The van der Waals surface area contributed by atoms with Crippen molar-refractivity contribution in [1.82, 2.24) is 34.5 Å². The zero-order valence-corrected chi connectivity index (χ0v) is 19.8. The number of hydrogen-bond donors (Lipinski definition) is 2. The highest BCUT2D eigenvalue weighted by atomic mass is 35.5. The van der Waals surface area contributed by atoms with Crippen LogP contribution in [0.4, 0.5) is 11.5 Å². The first-order valence-electron chi connectivity index (χ1n) is 10.6. The van der Waals surface area contributed by atoms with E-state index in [1.807, 2.05) is 13.2 Å². The van der Waals surface area contributed by atoms with Gasteiger partial charge in [0.1, 0.15) is 16.5 Å². The number of nitrogens with one attached hydrogen (secondary N) is 1. The van der Waals surface area contributed by atoms with E-state index in [2.05, 4.69) is 49.2 Å². The molecule has 0 aromatic carbocycles. The van der Waals surface area contributed by atoms with Crippen LogP contribution in [0.2, 0.25) is 5.15 Å². The molecule has 34 heavy (non-hydrogen) atoms. The van der Waals surface area contributed by atoms with Gasteiger partial charge in [-0.1, -0.05) is 23.4 Å². The number of pyridine rings is 1. The summed E-state index contributed by atoms with van der Waals surface area (Å²) in [6.45, 7) is 2.50. The van der Waals surface area contributed by atoms with Gasteiger partial charge in [-0.15, -0.1) is 0 Å². The van der Waals surface area contributed by atoms with Gasteiger partial charge in [0, 0.05) is 45.1 Å². The van der Waals surface area contributed by atoms with Crippen LogP contribution in [0.15, 0.2) is 43.1 Å². The highest BCUT2D eigenvalue weighted by molar-refractivity contribution is 6.29. The molecule has 1 atom stereocenters. The maximum atomic E-state index is 6.13. The predicted molar refractivity (Wildman–Crippen MR) is 130 cm³/mol. The topological polar surface area (TPSA) is 122 Å². The Morgan fingerprint density at radius 2 is 2.03 bits per heavy atom. The number of halogens is 1. The van der Waals surface area contributed by atoms with E-state index in [4.69, 9.17) is 22.1 Å². The lowest BCUT2D eigenvalue weighted by Gasteiger charge is -2.17. The summed E-state index contributed by atoms with van der Waals surface area (Å²) in [5.41, 5.74) is 8.84. The van der Waals surface area contributed by atoms with Gasteiger partial charge in [0.25, 0.3) is 0 Å². The van der Waals surface area contributed by atoms with Crippen LogP contribution in [-0.4, -0.2) is 47.2 Å². The molecule has 4 rings (SSSR count). The van der Waals surface area contributed by atoms with Crippen LogP contribution in [0.3, 0.4) is 0 Å². The third kappa shape index (κ3) is 5.63. The molecule has 11 heteroatoms. The van der Waals surface area contributed by atoms with Crippen molar-refractivity contribution in [2.75, 3.05) is 17.7 Å². The van der Waals surface area contributed by atoms with Gasteiger partial charge in [0.05, 0.1) is 35.8 Å². The molecule has 0 spiro atoms. The van der Waals surface area contributed by atoms with Crippen LogP contribution in [0.25, 0.3) is 11.4 Å². The Morgan fingerprint density at radius 3 is 2.79 bits per heavy atom. The average molecular weight is 478 g/mol. The van der Waals surface area contributed by atoms with Crippen LogP contribution >= 0.6 is 11.6 Å². The summed E-state index contributed by atoms with van der Waals surface area (Å²) >= 11 is 6.13.